The van der Waals surface area contributed by atoms with Gasteiger partial charge in [0.05, 0.1) is 6.61 Å². The molecule has 188 valence electrons. The molecule has 1 fully saturated rings. The molecule has 3 aromatic rings. The van der Waals surface area contributed by atoms with Crippen molar-refractivity contribution in [2.24, 2.45) is 0 Å². The summed E-state index contributed by atoms with van der Waals surface area (Å²) >= 11 is 0. The maximum absolute atomic E-state index is 13.1. The number of nitrogens with one attached hydrogen (secondary N) is 2. The van der Waals surface area contributed by atoms with E-state index >= 15 is 0 Å². The number of H-pyrrole nitrogens is 1. The van der Waals surface area contributed by atoms with Gasteiger partial charge in [-0.3, -0.25) is 23.9 Å². The molecule has 1 aliphatic rings. The van der Waals surface area contributed by atoms with Crippen molar-refractivity contribution in [2.75, 3.05) is 37.5 Å². The first kappa shape index (κ1) is 24.8. The van der Waals surface area contributed by atoms with Crippen LogP contribution >= 0.6 is 0 Å². The largest absolute Gasteiger partial charge is 0.439 e. The van der Waals surface area contributed by atoms with Crippen LogP contribution in [0.1, 0.15) is 15.9 Å². The number of nitrogens with zero attached hydrogens (tertiary/aromatic N) is 3. The van der Waals surface area contributed by atoms with Crippen LogP contribution in [0.5, 0.6) is 0 Å². The van der Waals surface area contributed by atoms with Crippen molar-refractivity contribution in [1.29, 1.82) is 0 Å². The Balaban J connectivity index is 1.46. The molecule has 1 aromatic heterocycles. The van der Waals surface area contributed by atoms with Crippen LogP contribution in [0.4, 0.5) is 11.4 Å². The minimum absolute atomic E-state index is 0.0934. The van der Waals surface area contributed by atoms with Gasteiger partial charge in [0.15, 0.2) is 18.0 Å². The fraction of sp³-hybridized carbons (Fsp3) is 0.292. The van der Waals surface area contributed by atoms with Crippen LogP contribution in [0, 0.1) is 6.92 Å². The van der Waals surface area contributed by atoms with Crippen molar-refractivity contribution in [3.05, 3.63) is 64.1 Å². The standard InChI is InChI=1S/C24H25N5O7/c1-13-4-9-16(12-17(13)22(32)28(2)3)29-10-11-35-19(23(29)33)18(30)21(31)25-15-7-5-14(6-8-15)20-26-24(34)36-27-20/h4-9,12,18-19,30H,10-11H2,1-3H3,(H,25,31)(H,26,27,34)/t18-,19-/m1/s1. The molecule has 2 aromatic carbocycles. The number of aliphatic hydroxyl groups excluding tert-OH is 1. The molecule has 2 heterocycles. The Morgan fingerprint density at radius 1 is 1.19 bits per heavy atom. The van der Waals surface area contributed by atoms with Crippen molar-refractivity contribution in [3.63, 3.8) is 0 Å². The normalized spacial score (nSPS) is 16.5. The van der Waals surface area contributed by atoms with Crippen molar-refractivity contribution in [3.8, 4) is 11.4 Å². The molecule has 12 heteroatoms. The van der Waals surface area contributed by atoms with Crippen molar-refractivity contribution >= 4 is 29.1 Å². The van der Waals surface area contributed by atoms with Gasteiger partial charge in [0.25, 0.3) is 17.7 Å². The molecule has 0 unspecified atom stereocenters. The Hall–Kier alpha value is -4.29. The summed E-state index contributed by atoms with van der Waals surface area (Å²) in [6.07, 6.45) is -3.20. The molecular formula is C24H25N5O7. The zero-order chi connectivity index (χ0) is 26.0. The summed E-state index contributed by atoms with van der Waals surface area (Å²) in [5, 5.41) is 16.7. The van der Waals surface area contributed by atoms with Crippen molar-refractivity contribution < 1.29 is 28.8 Å². The molecule has 0 aliphatic carbocycles. The highest BCUT2D eigenvalue weighted by atomic mass is 16.5. The summed E-state index contributed by atoms with van der Waals surface area (Å²) in [6.45, 7) is 2.10. The zero-order valence-corrected chi connectivity index (χ0v) is 19.8. The van der Waals surface area contributed by atoms with Gasteiger partial charge in [0.1, 0.15) is 0 Å². The van der Waals surface area contributed by atoms with E-state index in [4.69, 9.17) is 4.74 Å². The number of amides is 3. The highest BCUT2D eigenvalue weighted by Gasteiger charge is 2.39. The smallest absolute Gasteiger partial charge is 0.380 e. The van der Waals surface area contributed by atoms with Gasteiger partial charge in [-0.1, -0.05) is 11.2 Å². The van der Waals surface area contributed by atoms with E-state index in [1.54, 1.807) is 63.5 Å². The lowest BCUT2D eigenvalue weighted by molar-refractivity contribution is -0.150. The summed E-state index contributed by atoms with van der Waals surface area (Å²) in [4.78, 5) is 54.7. The third-order valence-electron chi connectivity index (χ3n) is 5.71. The van der Waals surface area contributed by atoms with Gasteiger partial charge in [-0.05, 0) is 48.9 Å². The first-order valence-electron chi connectivity index (χ1n) is 11.1. The fourth-order valence-corrected chi connectivity index (χ4v) is 3.76. The third-order valence-corrected chi connectivity index (χ3v) is 5.71. The van der Waals surface area contributed by atoms with Gasteiger partial charge >= 0.3 is 5.76 Å². The Labute approximate surface area is 205 Å². The first-order chi connectivity index (χ1) is 17.2. The maximum Gasteiger partial charge on any atom is 0.439 e. The SMILES string of the molecule is Cc1ccc(N2CCO[C@H]([C@@H](O)C(=O)Nc3ccc(-c4noc(=O)[nH]4)cc3)C2=O)cc1C(=O)N(C)C. The van der Waals surface area contributed by atoms with Gasteiger partial charge in [-0.15, -0.1) is 0 Å². The van der Waals surface area contributed by atoms with E-state index in [-0.39, 0.29) is 24.9 Å². The Kier molecular flexibility index (Phi) is 6.99. The maximum atomic E-state index is 13.1. The number of benzene rings is 2. The van der Waals surface area contributed by atoms with Crippen LogP contribution < -0.4 is 16.0 Å². The van der Waals surface area contributed by atoms with E-state index in [0.717, 1.165) is 5.56 Å². The molecule has 3 amide bonds. The summed E-state index contributed by atoms with van der Waals surface area (Å²) in [7, 11) is 3.28. The highest BCUT2D eigenvalue weighted by molar-refractivity contribution is 6.04. The number of aryl methyl sites for hydroxylation is 1. The molecule has 3 N–H and O–H groups in total. The van der Waals surface area contributed by atoms with E-state index < -0.39 is 29.8 Å². The number of hydrogen-bond donors (Lipinski definition) is 3. The summed E-state index contributed by atoms with van der Waals surface area (Å²) in [5.74, 6) is -2.09. The summed E-state index contributed by atoms with van der Waals surface area (Å²) in [6, 6.07) is 11.3. The number of anilines is 2. The van der Waals surface area contributed by atoms with Crippen LogP contribution in [-0.4, -0.2) is 77.3 Å². The Bertz CT molecular complexity index is 1350. The number of morpholine rings is 1. The van der Waals surface area contributed by atoms with Gasteiger partial charge < -0.3 is 25.0 Å². The molecule has 0 spiro atoms. The first-order valence-corrected chi connectivity index (χ1v) is 11.1. The molecule has 1 aliphatic heterocycles. The minimum Gasteiger partial charge on any atom is -0.380 e. The van der Waals surface area contributed by atoms with E-state index in [1.165, 1.54) is 9.80 Å². The monoisotopic (exact) mass is 495 g/mol. The molecule has 12 nitrogen and oxygen atoms in total. The molecule has 0 bridgehead atoms. The second-order valence-electron chi connectivity index (χ2n) is 8.44. The second kappa shape index (κ2) is 10.1. The van der Waals surface area contributed by atoms with Gasteiger partial charge in [-0.2, -0.15) is 0 Å². The number of aromatic nitrogens is 2. The lowest BCUT2D eigenvalue weighted by atomic mass is 10.0. The van der Waals surface area contributed by atoms with E-state index in [1.807, 2.05) is 0 Å². The lowest BCUT2D eigenvalue weighted by Gasteiger charge is -2.34. The summed E-state index contributed by atoms with van der Waals surface area (Å²) in [5.41, 5.74) is 2.57. The summed E-state index contributed by atoms with van der Waals surface area (Å²) < 4.78 is 9.92. The van der Waals surface area contributed by atoms with Crippen LogP contribution in [0.3, 0.4) is 0 Å². The van der Waals surface area contributed by atoms with Crippen LogP contribution in [0.15, 0.2) is 51.8 Å². The fourth-order valence-electron chi connectivity index (χ4n) is 3.76. The zero-order valence-electron chi connectivity index (χ0n) is 19.8. The quantitative estimate of drug-likeness (QED) is 0.452. The molecule has 2 atom stereocenters. The molecule has 0 radical (unpaired) electrons. The Morgan fingerprint density at radius 3 is 2.56 bits per heavy atom. The molecular weight excluding hydrogens is 470 g/mol. The number of carbonyl (C=O) groups is 3. The predicted octanol–water partition coefficient (Wildman–Crippen LogP) is 0.772. The number of carbonyl (C=O) groups excluding carboxylic acids is 3. The van der Waals surface area contributed by atoms with Gasteiger partial charge in [0.2, 0.25) is 0 Å². The number of aromatic amines is 1. The molecule has 36 heavy (non-hydrogen) atoms. The van der Waals surface area contributed by atoms with E-state index in [2.05, 4.69) is 20.0 Å². The highest BCUT2D eigenvalue weighted by Crippen LogP contribution is 2.25. The van der Waals surface area contributed by atoms with Crippen LogP contribution in [-0.2, 0) is 14.3 Å². The minimum atomic E-state index is -1.78. The number of aliphatic hydroxyl groups is 1. The van der Waals surface area contributed by atoms with E-state index in [0.29, 0.717) is 22.5 Å². The van der Waals surface area contributed by atoms with Crippen molar-refractivity contribution in [1.82, 2.24) is 15.0 Å². The van der Waals surface area contributed by atoms with Crippen LogP contribution in [0.25, 0.3) is 11.4 Å². The Morgan fingerprint density at radius 2 is 1.92 bits per heavy atom. The van der Waals surface area contributed by atoms with Crippen molar-refractivity contribution in [2.45, 2.75) is 19.1 Å². The number of hydrogen-bond acceptors (Lipinski definition) is 8. The van der Waals surface area contributed by atoms with Gasteiger partial charge in [-0.25, -0.2) is 4.79 Å². The number of rotatable bonds is 6. The predicted molar refractivity (Wildman–Crippen MR) is 128 cm³/mol. The average Bonchev–Trinajstić information content (AvgIpc) is 3.30. The molecule has 4 rings (SSSR count). The molecule has 1 saturated heterocycles. The molecule has 0 saturated carbocycles. The van der Waals surface area contributed by atoms with Crippen LogP contribution in [0.2, 0.25) is 0 Å². The van der Waals surface area contributed by atoms with Gasteiger partial charge in [0, 0.05) is 43.1 Å². The lowest BCUT2D eigenvalue weighted by Crippen LogP contribution is -2.55. The third kappa shape index (κ3) is 5.04. The number of ether oxygens (including phenoxy) is 1. The van der Waals surface area contributed by atoms with E-state index in [9.17, 15) is 24.3 Å². The topological polar surface area (TPSA) is 158 Å². The average molecular weight is 495 g/mol. The second-order valence-corrected chi connectivity index (χ2v) is 8.44.